The molecule has 2 aromatic rings. The molecule has 0 radical (unpaired) electrons. The van der Waals surface area contributed by atoms with Gasteiger partial charge in [-0.05, 0) is 24.3 Å². The standard InChI is InChI=1S/C17H10Cl2F6N2O3/c18-10-2-1-3-11(19)12(10)13(28)27-14(29)26-9-6-4-8(5-7-9)15(30,16(20,21)22)17(23,24)25/h1-7,30H,(H2,26,27,28,29). The van der Waals surface area contributed by atoms with Crippen molar-refractivity contribution >= 4 is 40.8 Å². The fourth-order valence-corrected chi connectivity index (χ4v) is 2.89. The summed E-state index contributed by atoms with van der Waals surface area (Å²) in [7, 11) is 0. The number of aliphatic hydroxyl groups is 1. The molecule has 0 atom stereocenters. The second-order valence-corrected chi connectivity index (χ2v) is 6.60. The molecule has 0 saturated heterocycles. The summed E-state index contributed by atoms with van der Waals surface area (Å²) in [4.78, 5) is 23.9. The van der Waals surface area contributed by atoms with E-state index in [4.69, 9.17) is 23.2 Å². The molecule has 2 aromatic carbocycles. The van der Waals surface area contributed by atoms with Gasteiger partial charge in [-0.15, -0.1) is 0 Å². The second-order valence-electron chi connectivity index (χ2n) is 5.79. The number of urea groups is 1. The summed E-state index contributed by atoms with van der Waals surface area (Å²) in [6.07, 6.45) is -12.1. The molecular formula is C17H10Cl2F6N2O3. The van der Waals surface area contributed by atoms with E-state index in [-0.39, 0.29) is 21.3 Å². The van der Waals surface area contributed by atoms with Crippen molar-refractivity contribution in [2.75, 3.05) is 5.32 Å². The average molecular weight is 475 g/mol. The van der Waals surface area contributed by atoms with Crippen molar-refractivity contribution < 1.29 is 41.0 Å². The number of imide groups is 1. The van der Waals surface area contributed by atoms with Crippen LogP contribution in [0.25, 0.3) is 0 Å². The predicted molar refractivity (Wildman–Crippen MR) is 95.4 cm³/mol. The van der Waals surface area contributed by atoms with Crippen LogP contribution in [0.4, 0.5) is 36.8 Å². The minimum absolute atomic E-state index is 0.0595. The molecule has 30 heavy (non-hydrogen) atoms. The van der Waals surface area contributed by atoms with Crippen LogP contribution in [-0.2, 0) is 5.60 Å². The van der Waals surface area contributed by atoms with Crippen LogP contribution >= 0.6 is 23.2 Å². The van der Waals surface area contributed by atoms with Gasteiger partial charge in [0.05, 0.1) is 15.6 Å². The molecule has 0 aliphatic heterocycles. The summed E-state index contributed by atoms with van der Waals surface area (Å²) in [6, 6.07) is 5.00. The van der Waals surface area contributed by atoms with Crippen molar-refractivity contribution in [3.05, 3.63) is 63.6 Å². The van der Waals surface area contributed by atoms with Gasteiger partial charge in [0.25, 0.3) is 11.5 Å². The molecule has 0 aromatic heterocycles. The Morgan fingerprint density at radius 1 is 0.833 bits per heavy atom. The van der Waals surface area contributed by atoms with Gasteiger partial charge in [-0.25, -0.2) is 4.79 Å². The molecule has 0 aliphatic rings. The molecule has 2 rings (SSSR count). The van der Waals surface area contributed by atoms with Gasteiger partial charge in [0.1, 0.15) is 0 Å². The SMILES string of the molecule is O=C(NC(=O)c1c(Cl)cccc1Cl)Nc1ccc(C(O)(C(F)(F)F)C(F)(F)F)cc1. The molecule has 162 valence electrons. The number of anilines is 1. The summed E-state index contributed by atoms with van der Waals surface area (Å²) < 4.78 is 77.1. The number of carbonyl (C=O) groups is 2. The maximum Gasteiger partial charge on any atom is 0.430 e. The van der Waals surface area contributed by atoms with Crippen LogP contribution in [0.15, 0.2) is 42.5 Å². The topological polar surface area (TPSA) is 78.4 Å². The Balaban J connectivity index is 2.18. The maximum absolute atomic E-state index is 12.9. The zero-order valence-electron chi connectivity index (χ0n) is 14.3. The Bertz CT molecular complexity index is 927. The number of carbonyl (C=O) groups excluding carboxylic acids is 2. The first kappa shape index (κ1) is 23.8. The Kier molecular flexibility index (Phi) is 6.60. The lowest BCUT2D eigenvalue weighted by atomic mass is 9.92. The lowest BCUT2D eigenvalue weighted by Gasteiger charge is -2.32. The van der Waals surface area contributed by atoms with Gasteiger partial charge in [0, 0.05) is 11.3 Å². The summed E-state index contributed by atoms with van der Waals surface area (Å²) in [6.45, 7) is 0. The molecule has 0 aliphatic carbocycles. The van der Waals surface area contributed by atoms with E-state index in [1.165, 1.54) is 18.2 Å². The number of rotatable bonds is 3. The van der Waals surface area contributed by atoms with Gasteiger partial charge in [-0.3, -0.25) is 10.1 Å². The van der Waals surface area contributed by atoms with Gasteiger partial charge < -0.3 is 10.4 Å². The third-order valence-electron chi connectivity index (χ3n) is 3.80. The highest BCUT2D eigenvalue weighted by Gasteiger charge is 2.71. The van der Waals surface area contributed by atoms with Crippen LogP contribution in [0.3, 0.4) is 0 Å². The summed E-state index contributed by atoms with van der Waals surface area (Å²) in [5, 5.41) is 13.1. The fraction of sp³-hybridized carbons (Fsp3) is 0.176. The van der Waals surface area contributed by atoms with Crippen molar-refractivity contribution in [1.82, 2.24) is 5.32 Å². The third-order valence-corrected chi connectivity index (χ3v) is 4.43. The first-order valence-electron chi connectivity index (χ1n) is 7.71. The molecule has 0 heterocycles. The largest absolute Gasteiger partial charge is 0.430 e. The molecule has 0 spiro atoms. The predicted octanol–water partition coefficient (Wildman–Crippen LogP) is 5.27. The molecule has 0 bridgehead atoms. The number of alkyl halides is 6. The van der Waals surface area contributed by atoms with Gasteiger partial charge in [-0.2, -0.15) is 26.3 Å². The minimum Gasteiger partial charge on any atom is -0.369 e. The van der Waals surface area contributed by atoms with Crippen molar-refractivity contribution in [2.45, 2.75) is 18.0 Å². The molecule has 3 amide bonds. The molecule has 5 nitrogen and oxygen atoms in total. The number of amides is 3. The number of nitrogens with one attached hydrogen (secondary N) is 2. The lowest BCUT2D eigenvalue weighted by Crippen LogP contribution is -2.53. The quantitative estimate of drug-likeness (QED) is 0.530. The summed E-state index contributed by atoms with van der Waals surface area (Å²) in [5.74, 6) is -0.997. The van der Waals surface area contributed by atoms with E-state index in [1.807, 2.05) is 10.6 Å². The molecule has 13 heteroatoms. The fourth-order valence-electron chi connectivity index (χ4n) is 2.33. The summed E-state index contributed by atoms with van der Waals surface area (Å²) in [5.41, 5.74) is -7.09. The zero-order valence-corrected chi connectivity index (χ0v) is 15.8. The monoisotopic (exact) mass is 474 g/mol. The van der Waals surface area contributed by atoms with Crippen LogP contribution < -0.4 is 10.6 Å². The highest BCUT2D eigenvalue weighted by molar-refractivity contribution is 6.40. The normalized spacial score (nSPS) is 12.4. The Morgan fingerprint density at radius 3 is 1.73 bits per heavy atom. The minimum atomic E-state index is -6.04. The van der Waals surface area contributed by atoms with E-state index < -0.39 is 35.5 Å². The first-order valence-corrected chi connectivity index (χ1v) is 8.47. The first-order chi connectivity index (χ1) is 13.7. The van der Waals surface area contributed by atoms with Crippen LogP contribution in [0, 0.1) is 0 Å². The molecule has 3 N–H and O–H groups in total. The number of hydrogen-bond donors (Lipinski definition) is 3. The smallest absolute Gasteiger partial charge is 0.369 e. The van der Waals surface area contributed by atoms with E-state index in [9.17, 15) is 41.0 Å². The van der Waals surface area contributed by atoms with E-state index in [1.54, 1.807) is 0 Å². The van der Waals surface area contributed by atoms with Gasteiger partial charge >= 0.3 is 18.4 Å². The van der Waals surface area contributed by atoms with Gasteiger partial charge in [0.15, 0.2) is 0 Å². The molecule has 0 fully saturated rings. The van der Waals surface area contributed by atoms with E-state index in [2.05, 4.69) is 0 Å². The Hall–Kier alpha value is -2.50. The third kappa shape index (κ3) is 4.63. The van der Waals surface area contributed by atoms with Crippen LogP contribution in [0.5, 0.6) is 0 Å². The number of halogens is 8. The van der Waals surface area contributed by atoms with E-state index in [0.29, 0.717) is 24.3 Å². The van der Waals surface area contributed by atoms with Crippen LogP contribution in [0.2, 0.25) is 10.0 Å². The highest BCUT2D eigenvalue weighted by Crippen LogP contribution is 2.50. The molecular weight excluding hydrogens is 465 g/mol. The number of benzene rings is 2. The van der Waals surface area contributed by atoms with Gasteiger partial charge in [-0.1, -0.05) is 41.4 Å². The van der Waals surface area contributed by atoms with Crippen LogP contribution in [-0.4, -0.2) is 29.4 Å². The Morgan fingerprint density at radius 2 is 1.30 bits per heavy atom. The highest BCUT2D eigenvalue weighted by atomic mass is 35.5. The molecule has 0 saturated carbocycles. The average Bonchev–Trinajstić information content (AvgIpc) is 2.59. The Labute approximate surface area is 174 Å². The van der Waals surface area contributed by atoms with Crippen molar-refractivity contribution in [2.24, 2.45) is 0 Å². The van der Waals surface area contributed by atoms with Gasteiger partial charge in [0.2, 0.25) is 0 Å². The summed E-state index contributed by atoms with van der Waals surface area (Å²) >= 11 is 11.6. The second kappa shape index (κ2) is 8.32. The van der Waals surface area contributed by atoms with E-state index >= 15 is 0 Å². The van der Waals surface area contributed by atoms with Crippen molar-refractivity contribution in [3.8, 4) is 0 Å². The van der Waals surface area contributed by atoms with E-state index in [0.717, 1.165) is 0 Å². The zero-order chi connectivity index (χ0) is 22.9. The van der Waals surface area contributed by atoms with Crippen molar-refractivity contribution in [3.63, 3.8) is 0 Å². The maximum atomic E-state index is 12.9. The lowest BCUT2D eigenvalue weighted by molar-refractivity contribution is -0.376. The van der Waals surface area contributed by atoms with Crippen molar-refractivity contribution in [1.29, 1.82) is 0 Å². The number of hydrogen-bond acceptors (Lipinski definition) is 3. The molecule has 0 unspecified atom stereocenters. The van der Waals surface area contributed by atoms with Crippen LogP contribution in [0.1, 0.15) is 15.9 Å².